The molecule has 0 aliphatic carbocycles. The van der Waals surface area contributed by atoms with Crippen LogP contribution in [0.1, 0.15) is 21.5 Å². The van der Waals surface area contributed by atoms with Gasteiger partial charge in [0.2, 0.25) is 5.88 Å². The third-order valence-electron chi connectivity index (χ3n) is 4.28. The molecule has 0 amide bonds. The number of carbonyl (C=O) groups excluding carboxylic acids is 1. The van der Waals surface area contributed by atoms with Gasteiger partial charge in [0.25, 0.3) is 0 Å². The van der Waals surface area contributed by atoms with Gasteiger partial charge in [0, 0.05) is 12.2 Å². The fourth-order valence-electron chi connectivity index (χ4n) is 2.86. The Morgan fingerprint density at radius 3 is 2.31 bits per heavy atom. The summed E-state index contributed by atoms with van der Waals surface area (Å²) in [5.74, 6) is -0.0824. The summed E-state index contributed by atoms with van der Waals surface area (Å²) in [6.45, 7) is 0.381. The van der Waals surface area contributed by atoms with E-state index in [1.165, 1.54) is 13.3 Å². The Balaban J connectivity index is 1.67. The average molecular weight is 392 g/mol. The van der Waals surface area contributed by atoms with Crippen molar-refractivity contribution < 1.29 is 19.0 Å². The van der Waals surface area contributed by atoms with Gasteiger partial charge in [0.15, 0.2) is 5.56 Å². The van der Waals surface area contributed by atoms with Gasteiger partial charge in [-0.3, -0.25) is 0 Å². The molecule has 150 valence electrons. The highest BCUT2D eigenvalue weighted by atomic mass is 16.5. The fraction of sp³-hybridized carbons (Fsp3) is 0.217. The summed E-state index contributed by atoms with van der Waals surface area (Å²) in [7, 11) is 1.45. The van der Waals surface area contributed by atoms with Gasteiger partial charge in [-0.1, -0.05) is 60.7 Å². The predicted molar refractivity (Wildman–Crippen MR) is 110 cm³/mol. The second kappa shape index (κ2) is 10.2. The summed E-state index contributed by atoms with van der Waals surface area (Å²) in [6.07, 6.45) is 2.18. The van der Waals surface area contributed by atoms with Gasteiger partial charge in [0.1, 0.15) is 19.0 Å². The molecule has 1 heterocycles. The summed E-state index contributed by atoms with van der Waals surface area (Å²) in [5.41, 5.74) is 8.36. The summed E-state index contributed by atoms with van der Waals surface area (Å²) >= 11 is 0. The van der Waals surface area contributed by atoms with Crippen LogP contribution in [0, 0.1) is 0 Å². The van der Waals surface area contributed by atoms with Crippen LogP contribution >= 0.6 is 0 Å². The van der Waals surface area contributed by atoms with E-state index in [0.717, 1.165) is 11.1 Å². The van der Waals surface area contributed by atoms with Crippen molar-refractivity contribution in [3.8, 4) is 11.6 Å². The van der Waals surface area contributed by atoms with Gasteiger partial charge >= 0.3 is 5.97 Å². The molecule has 1 aromatic heterocycles. The monoisotopic (exact) mass is 392 g/mol. The minimum atomic E-state index is -0.564. The van der Waals surface area contributed by atoms with Crippen molar-refractivity contribution in [1.29, 1.82) is 0 Å². The first-order valence-electron chi connectivity index (χ1n) is 9.33. The maximum Gasteiger partial charge on any atom is 0.347 e. The first-order valence-corrected chi connectivity index (χ1v) is 9.33. The highest BCUT2D eigenvalue weighted by Gasteiger charge is 2.22. The molecule has 0 bridgehead atoms. The highest BCUT2D eigenvalue weighted by Crippen LogP contribution is 2.27. The van der Waals surface area contributed by atoms with E-state index in [4.69, 9.17) is 19.9 Å². The van der Waals surface area contributed by atoms with E-state index in [0.29, 0.717) is 12.2 Å². The van der Waals surface area contributed by atoms with Gasteiger partial charge < -0.3 is 19.9 Å². The zero-order chi connectivity index (χ0) is 20.5. The van der Waals surface area contributed by atoms with Gasteiger partial charge in [-0.25, -0.2) is 9.78 Å². The molecule has 0 unspecified atom stereocenters. The van der Waals surface area contributed by atoms with Crippen LogP contribution in [-0.4, -0.2) is 30.7 Å². The fourth-order valence-corrected chi connectivity index (χ4v) is 2.86. The standard InChI is InChI=1S/C23H24N2O4/c1-27-22-21(23(26)29-15-18-10-6-3-7-11-18)20(12-13-25-22)28-16-19(24)14-17-8-4-2-5-9-17/h2-13,19H,14-16,24H2,1H3/t19-/m1/s1. The summed E-state index contributed by atoms with van der Waals surface area (Å²) < 4.78 is 16.5. The molecule has 0 saturated carbocycles. The Morgan fingerprint density at radius 1 is 1.00 bits per heavy atom. The van der Waals surface area contributed by atoms with E-state index in [1.54, 1.807) is 6.07 Å². The van der Waals surface area contributed by atoms with Crippen molar-refractivity contribution >= 4 is 5.97 Å². The van der Waals surface area contributed by atoms with Crippen molar-refractivity contribution in [2.75, 3.05) is 13.7 Å². The number of pyridine rings is 1. The minimum absolute atomic E-state index is 0.144. The molecule has 6 nitrogen and oxygen atoms in total. The molecular formula is C23H24N2O4. The van der Waals surface area contributed by atoms with E-state index < -0.39 is 5.97 Å². The number of esters is 1. The van der Waals surface area contributed by atoms with Crippen LogP contribution in [0.25, 0.3) is 0 Å². The average Bonchev–Trinajstić information content (AvgIpc) is 2.77. The summed E-state index contributed by atoms with van der Waals surface area (Å²) in [4.78, 5) is 16.8. The Morgan fingerprint density at radius 2 is 1.66 bits per heavy atom. The number of carbonyl (C=O) groups is 1. The number of nitrogens with two attached hydrogens (primary N) is 1. The third-order valence-corrected chi connectivity index (χ3v) is 4.28. The van der Waals surface area contributed by atoms with E-state index in [2.05, 4.69) is 4.98 Å². The van der Waals surface area contributed by atoms with Crippen LogP contribution in [0.3, 0.4) is 0 Å². The van der Waals surface area contributed by atoms with Crippen LogP contribution in [-0.2, 0) is 17.8 Å². The van der Waals surface area contributed by atoms with Crippen molar-refractivity contribution in [1.82, 2.24) is 4.98 Å². The quantitative estimate of drug-likeness (QED) is 0.562. The van der Waals surface area contributed by atoms with Gasteiger partial charge in [-0.05, 0) is 23.6 Å². The molecule has 3 aromatic rings. The maximum absolute atomic E-state index is 12.7. The largest absolute Gasteiger partial charge is 0.491 e. The van der Waals surface area contributed by atoms with Crippen LogP contribution in [0.2, 0.25) is 0 Å². The lowest BCUT2D eigenvalue weighted by molar-refractivity contribution is 0.0462. The van der Waals surface area contributed by atoms with Crippen molar-refractivity contribution in [3.63, 3.8) is 0 Å². The lowest BCUT2D eigenvalue weighted by Gasteiger charge is -2.16. The van der Waals surface area contributed by atoms with E-state index in [1.807, 2.05) is 60.7 Å². The Hall–Kier alpha value is -3.38. The maximum atomic E-state index is 12.7. The molecule has 0 saturated heterocycles. The second-order valence-corrected chi connectivity index (χ2v) is 6.52. The zero-order valence-electron chi connectivity index (χ0n) is 16.3. The summed E-state index contributed by atoms with van der Waals surface area (Å²) in [5, 5.41) is 0. The lowest BCUT2D eigenvalue weighted by atomic mass is 10.1. The molecule has 0 fully saturated rings. The molecule has 29 heavy (non-hydrogen) atoms. The summed E-state index contributed by atoms with van der Waals surface area (Å²) in [6, 6.07) is 20.7. The molecule has 0 aliphatic rings. The number of hydrogen-bond donors (Lipinski definition) is 1. The van der Waals surface area contributed by atoms with E-state index >= 15 is 0 Å². The molecule has 2 aromatic carbocycles. The molecule has 0 radical (unpaired) electrons. The first kappa shape index (κ1) is 20.4. The number of nitrogens with zero attached hydrogens (tertiary/aromatic N) is 1. The zero-order valence-corrected chi connectivity index (χ0v) is 16.3. The molecular weight excluding hydrogens is 368 g/mol. The van der Waals surface area contributed by atoms with Crippen LogP contribution in [0.5, 0.6) is 11.6 Å². The highest BCUT2D eigenvalue weighted by molar-refractivity contribution is 5.95. The predicted octanol–water partition coefficient (Wildman–Crippen LogP) is 3.40. The van der Waals surface area contributed by atoms with Gasteiger partial charge in [0.05, 0.1) is 7.11 Å². The number of hydrogen-bond acceptors (Lipinski definition) is 6. The smallest absolute Gasteiger partial charge is 0.347 e. The van der Waals surface area contributed by atoms with E-state index in [9.17, 15) is 4.79 Å². The van der Waals surface area contributed by atoms with Crippen molar-refractivity contribution in [2.45, 2.75) is 19.1 Å². The molecule has 6 heteroatoms. The lowest BCUT2D eigenvalue weighted by Crippen LogP contribution is -2.30. The normalized spacial score (nSPS) is 11.5. The Kier molecular flexibility index (Phi) is 7.19. The van der Waals surface area contributed by atoms with Gasteiger partial charge in [-0.15, -0.1) is 0 Å². The number of aromatic nitrogens is 1. The first-order chi connectivity index (χ1) is 14.2. The molecule has 0 aliphatic heterocycles. The topological polar surface area (TPSA) is 83.7 Å². The number of ether oxygens (including phenoxy) is 3. The SMILES string of the molecule is COc1nccc(OC[C@H](N)Cc2ccccc2)c1C(=O)OCc1ccccc1. The molecule has 3 rings (SSSR count). The Labute approximate surface area is 170 Å². The van der Waals surface area contributed by atoms with Gasteiger partial charge in [-0.2, -0.15) is 0 Å². The number of methoxy groups -OCH3 is 1. The molecule has 2 N–H and O–H groups in total. The number of benzene rings is 2. The number of rotatable bonds is 9. The third kappa shape index (κ3) is 5.80. The second-order valence-electron chi connectivity index (χ2n) is 6.52. The van der Waals surface area contributed by atoms with Crippen molar-refractivity contribution in [2.24, 2.45) is 5.73 Å². The Bertz CT molecular complexity index is 917. The van der Waals surface area contributed by atoms with Crippen LogP contribution in [0.15, 0.2) is 72.9 Å². The van der Waals surface area contributed by atoms with Crippen LogP contribution < -0.4 is 15.2 Å². The molecule has 0 spiro atoms. The van der Waals surface area contributed by atoms with Crippen LogP contribution in [0.4, 0.5) is 0 Å². The van der Waals surface area contributed by atoms with Crippen molar-refractivity contribution in [3.05, 3.63) is 89.6 Å². The minimum Gasteiger partial charge on any atom is -0.491 e. The molecule has 1 atom stereocenters. The van der Waals surface area contributed by atoms with E-state index in [-0.39, 0.29) is 30.7 Å².